The summed E-state index contributed by atoms with van der Waals surface area (Å²) >= 11 is 0. The van der Waals surface area contributed by atoms with Gasteiger partial charge in [-0.2, -0.15) is 0 Å². The van der Waals surface area contributed by atoms with Crippen molar-refractivity contribution in [2.45, 2.75) is 66.3 Å². The molecule has 0 bridgehead atoms. The number of hydrogen-bond donors (Lipinski definition) is 0. The van der Waals surface area contributed by atoms with E-state index in [4.69, 9.17) is 0 Å². The molecule has 0 heterocycles. The number of Topliss-reactive ketones (excluding diaryl/α,β-unsaturated/α-hetero) is 1. The van der Waals surface area contributed by atoms with E-state index in [9.17, 15) is 4.79 Å². The number of rotatable bonds is 6. The van der Waals surface area contributed by atoms with E-state index in [-0.39, 0.29) is 5.92 Å². The predicted molar refractivity (Wildman–Crippen MR) is 82.2 cm³/mol. The summed E-state index contributed by atoms with van der Waals surface area (Å²) in [6, 6.07) is 0.576. The van der Waals surface area contributed by atoms with Crippen molar-refractivity contribution in [3.8, 4) is 0 Å². The first kappa shape index (κ1) is 16.7. The standard InChI is InChI=1S/C17H33NO/c1-12(2)9-14(5)18(6)11-16-10-15(13(3)4)7-8-17(16)19/h12-16H,7-11H2,1-6H3. The van der Waals surface area contributed by atoms with Crippen LogP contribution in [0.5, 0.6) is 0 Å². The maximum Gasteiger partial charge on any atom is 0.137 e. The van der Waals surface area contributed by atoms with Gasteiger partial charge in [0.05, 0.1) is 0 Å². The quantitative estimate of drug-likeness (QED) is 0.725. The topological polar surface area (TPSA) is 20.3 Å². The van der Waals surface area contributed by atoms with Gasteiger partial charge in [-0.15, -0.1) is 0 Å². The molecule has 1 fully saturated rings. The molecule has 0 saturated heterocycles. The molecule has 0 amide bonds. The van der Waals surface area contributed by atoms with E-state index in [1.165, 1.54) is 6.42 Å². The van der Waals surface area contributed by atoms with Crippen LogP contribution in [0.3, 0.4) is 0 Å². The van der Waals surface area contributed by atoms with Gasteiger partial charge in [-0.05, 0) is 51.0 Å². The zero-order valence-electron chi connectivity index (χ0n) is 13.8. The summed E-state index contributed by atoms with van der Waals surface area (Å²) in [6.45, 7) is 12.4. The number of carbonyl (C=O) groups is 1. The Labute approximate surface area is 119 Å². The monoisotopic (exact) mass is 267 g/mol. The fourth-order valence-electron chi connectivity index (χ4n) is 3.32. The molecule has 0 radical (unpaired) electrons. The summed E-state index contributed by atoms with van der Waals surface area (Å²) in [7, 11) is 2.18. The molecule has 19 heavy (non-hydrogen) atoms. The molecule has 0 aromatic heterocycles. The molecule has 0 N–H and O–H groups in total. The van der Waals surface area contributed by atoms with Gasteiger partial charge in [-0.3, -0.25) is 4.79 Å². The van der Waals surface area contributed by atoms with Crippen LogP contribution < -0.4 is 0 Å². The van der Waals surface area contributed by atoms with Crippen molar-refractivity contribution >= 4 is 5.78 Å². The van der Waals surface area contributed by atoms with Crippen LogP contribution in [0, 0.1) is 23.7 Å². The summed E-state index contributed by atoms with van der Waals surface area (Å²) in [4.78, 5) is 14.5. The Morgan fingerprint density at radius 3 is 2.37 bits per heavy atom. The zero-order valence-corrected chi connectivity index (χ0v) is 13.8. The van der Waals surface area contributed by atoms with Crippen LogP contribution >= 0.6 is 0 Å². The molecule has 0 spiro atoms. The third-order valence-electron chi connectivity index (χ3n) is 4.82. The van der Waals surface area contributed by atoms with Gasteiger partial charge in [0.1, 0.15) is 5.78 Å². The Morgan fingerprint density at radius 1 is 1.21 bits per heavy atom. The lowest BCUT2D eigenvalue weighted by Crippen LogP contribution is -2.40. The van der Waals surface area contributed by atoms with Gasteiger partial charge >= 0.3 is 0 Å². The number of nitrogens with zero attached hydrogens (tertiary/aromatic N) is 1. The minimum Gasteiger partial charge on any atom is -0.303 e. The van der Waals surface area contributed by atoms with Crippen LogP contribution in [0.15, 0.2) is 0 Å². The number of hydrogen-bond acceptors (Lipinski definition) is 2. The van der Waals surface area contributed by atoms with Crippen LogP contribution in [-0.2, 0) is 4.79 Å². The Morgan fingerprint density at radius 2 is 1.84 bits per heavy atom. The zero-order chi connectivity index (χ0) is 14.6. The van der Waals surface area contributed by atoms with E-state index >= 15 is 0 Å². The van der Waals surface area contributed by atoms with Crippen LogP contribution in [0.1, 0.15) is 60.3 Å². The highest BCUT2D eigenvalue weighted by atomic mass is 16.1. The average molecular weight is 267 g/mol. The largest absolute Gasteiger partial charge is 0.303 e. The Hall–Kier alpha value is -0.370. The number of ketones is 1. The highest BCUT2D eigenvalue weighted by Crippen LogP contribution is 2.32. The molecule has 2 nitrogen and oxygen atoms in total. The SMILES string of the molecule is CC(C)CC(C)N(C)CC1CC(C(C)C)CCC1=O. The van der Waals surface area contributed by atoms with Crippen LogP contribution in [0.25, 0.3) is 0 Å². The minimum absolute atomic E-state index is 0.278. The first-order chi connectivity index (χ1) is 8.81. The van der Waals surface area contributed by atoms with E-state index in [0.717, 1.165) is 37.6 Å². The molecule has 1 aliphatic carbocycles. The van der Waals surface area contributed by atoms with Gasteiger partial charge in [-0.25, -0.2) is 0 Å². The average Bonchev–Trinajstić information content (AvgIpc) is 2.30. The summed E-state index contributed by atoms with van der Waals surface area (Å²) in [5.74, 6) is 2.97. The molecule has 112 valence electrons. The maximum atomic E-state index is 12.1. The van der Waals surface area contributed by atoms with E-state index in [0.29, 0.717) is 17.7 Å². The summed E-state index contributed by atoms with van der Waals surface area (Å²) in [5, 5.41) is 0. The lowest BCUT2D eigenvalue weighted by Gasteiger charge is -2.35. The molecule has 1 saturated carbocycles. The lowest BCUT2D eigenvalue weighted by atomic mass is 9.75. The summed E-state index contributed by atoms with van der Waals surface area (Å²) in [5.41, 5.74) is 0. The third-order valence-corrected chi connectivity index (χ3v) is 4.82. The maximum absolute atomic E-state index is 12.1. The van der Waals surface area contributed by atoms with Gasteiger partial charge in [0, 0.05) is 24.9 Å². The summed E-state index contributed by atoms with van der Waals surface area (Å²) in [6.07, 6.45) is 4.23. The van der Waals surface area contributed by atoms with Gasteiger partial charge in [0.2, 0.25) is 0 Å². The molecule has 2 heteroatoms. The van der Waals surface area contributed by atoms with E-state index in [1.54, 1.807) is 0 Å². The predicted octanol–water partition coefficient (Wildman–Crippen LogP) is 3.99. The van der Waals surface area contributed by atoms with Crippen molar-refractivity contribution in [2.24, 2.45) is 23.7 Å². The lowest BCUT2D eigenvalue weighted by molar-refractivity contribution is -0.126. The number of carbonyl (C=O) groups excluding carboxylic acids is 1. The van der Waals surface area contributed by atoms with Crippen molar-refractivity contribution in [2.75, 3.05) is 13.6 Å². The van der Waals surface area contributed by atoms with Crippen LogP contribution in [0.4, 0.5) is 0 Å². The van der Waals surface area contributed by atoms with Gasteiger partial charge in [0.15, 0.2) is 0 Å². The molecule has 0 aliphatic heterocycles. The Bertz CT molecular complexity index is 285. The molecular formula is C17H33NO. The molecule has 0 aromatic rings. The van der Waals surface area contributed by atoms with Crippen molar-refractivity contribution < 1.29 is 4.79 Å². The van der Waals surface area contributed by atoms with Crippen molar-refractivity contribution in [3.05, 3.63) is 0 Å². The van der Waals surface area contributed by atoms with Crippen LogP contribution in [-0.4, -0.2) is 30.3 Å². The Balaban J connectivity index is 2.51. The smallest absolute Gasteiger partial charge is 0.137 e. The Kier molecular flexibility index (Phi) is 6.52. The van der Waals surface area contributed by atoms with Gasteiger partial charge in [0.25, 0.3) is 0 Å². The highest BCUT2D eigenvalue weighted by Gasteiger charge is 2.31. The van der Waals surface area contributed by atoms with Crippen molar-refractivity contribution in [1.29, 1.82) is 0 Å². The van der Waals surface area contributed by atoms with E-state index in [2.05, 4.69) is 46.6 Å². The normalized spacial score (nSPS) is 26.5. The molecule has 3 unspecified atom stereocenters. The fourth-order valence-corrected chi connectivity index (χ4v) is 3.32. The first-order valence-electron chi connectivity index (χ1n) is 8.04. The second kappa shape index (κ2) is 7.42. The fraction of sp³-hybridized carbons (Fsp3) is 0.941. The van der Waals surface area contributed by atoms with E-state index < -0.39 is 0 Å². The third kappa shape index (κ3) is 5.25. The molecular weight excluding hydrogens is 234 g/mol. The highest BCUT2D eigenvalue weighted by molar-refractivity contribution is 5.82. The van der Waals surface area contributed by atoms with Gasteiger partial charge < -0.3 is 4.90 Å². The van der Waals surface area contributed by atoms with Crippen molar-refractivity contribution in [3.63, 3.8) is 0 Å². The van der Waals surface area contributed by atoms with Gasteiger partial charge in [-0.1, -0.05) is 27.7 Å². The van der Waals surface area contributed by atoms with E-state index in [1.807, 2.05) is 0 Å². The summed E-state index contributed by atoms with van der Waals surface area (Å²) < 4.78 is 0. The molecule has 3 atom stereocenters. The minimum atomic E-state index is 0.278. The van der Waals surface area contributed by atoms with Crippen molar-refractivity contribution in [1.82, 2.24) is 4.90 Å². The molecule has 1 rings (SSSR count). The first-order valence-corrected chi connectivity index (χ1v) is 8.04. The second-order valence-electron chi connectivity index (χ2n) is 7.36. The second-order valence-corrected chi connectivity index (χ2v) is 7.36. The van der Waals surface area contributed by atoms with Crippen LogP contribution in [0.2, 0.25) is 0 Å². The molecule has 0 aromatic carbocycles. The molecule has 1 aliphatic rings.